The van der Waals surface area contributed by atoms with Gasteiger partial charge in [0.2, 0.25) is 0 Å². The number of halogens is 1. The number of nitrogens with zero attached hydrogens (tertiary/aromatic N) is 4. The maximum atomic E-state index is 11.4. The number of piperazine rings is 1. The van der Waals surface area contributed by atoms with Gasteiger partial charge in [0, 0.05) is 45.5 Å². The normalized spacial score (nSPS) is 15.6. The van der Waals surface area contributed by atoms with Crippen molar-refractivity contribution in [2.75, 3.05) is 49.5 Å². The van der Waals surface area contributed by atoms with E-state index in [-0.39, 0.29) is 10.6 Å². The minimum absolute atomic E-state index is 0.153. The molecule has 0 radical (unpaired) electrons. The minimum Gasteiger partial charge on any atom is -0.381 e. The molecule has 122 valence electrons. The maximum Gasteiger partial charge on any atom is 0.285 e. The molecule has 7 nitrogen and oxygen atoms in total. The summed E-state index contributed by atoms with van der Waals surface area (Å²) in [5.41, 5.74) is 0.197. The van der Waals surface area contributed by atoms with Crippen LogP contribution in [0.1, 0.15) is 0 Å². The lowest BCUT2D eigenvalue weighted by molar-refractivity contribution is 0.266. The van der Waals surface area contributed by atoms with Crippen molar-refractivity contribution < 1.29 is 0 Å². The highest BCUT2D eigenvalue weighted by Gasteiger charge is 2.17. The third kappa shape index (κ3) is 4.00. The van der Waals surface area contributed by atoms with Gasteiger partial charge in [0.05, 0.1) is 11.9 Å². The van der Waals surface area contributed by atoms with E-state index in [1.54, 1.807) is 0 Å². The number of pyridine rings is 1. The van der Waals surface area contributed by atoms with Gasteiger partial charge >= 0.3 is 0 Å². The molecule has 23 heavy (non-hydrogen) atoms. The Labute approximate surface area is 139 Å². The van der Waals surface area contributed by atoms with Gasteiger partial charge in [0.15, 0.2) is 0 Å². The van der Waals surface area contributed by atoms with Crippen molar-refractivity contribution in [2.45, 2.75) is 0 Å². The molecule has 0 spiro atoms. The molecule has 1 fully saturated rings. The number of H-pyrrole nitrogens is 1. The molecule has 0 aliphatic carbocycles. The van der Waals surface area contributed by atoms with E-state index in [0.717, 1.165) is 38.5 Å². The highest BCUT2D eigenvalue weighted by molar-refractivity contribution is 6.32. The van der Waals surface area contributed by atoms with Crippen LogP contribution >= 0.6 is 11.6 Å². The van der Waals surface area contributed by atoms with Gasteiger partial charge in [-0.1, -0.05) is 17.7 Å². The highest BCUT2D eigenvalue weighted by Crippen LogP contribution is 2.14. The number of aromatic nitrogens is 3. The van der Waals surface area contributed by atoms with Crippen molar-refractivity contribution in [2.24, 2.45) is 0 Å². The first-order valence-electron chi connectivity index (χ1n) is 7.59. The van der Waals surface area contributed by atoms with Crippen LogP contribution in [0, 0.1) is 0 Å². The number of anilines is 2. The average molecular weight is 335 g/mol. The first-order valence-corrected chi connectivity index (χ1v) is 7.97. The van der Waals surface area contributed by atoms with Gasteiger partial charge in [-0.2, -0.15) is 5.10 Å². The zero-order valence-electron chi connectivity index (χ0n) is 12.7. The zero-order valence-corrected chi connectivity index (χ0v) is 13.5. The van der Waals surface area contributed by atoms with Crippen molar-refractivity contribution in [3.8, 4) is 0 Å². The Morgan fingerprint density at radius 1 is 1.26 bits per heavy atom. The summed E-state index contributed by atoms with van der Waals surface area (Å²) in [6.07, 6.45) is 3.35. The van der Waals surface area contributed by atoms with Crippen molar-refractivity contribution in [3.05, 3.63) is 46.0 Å². The summed E-state index contributed by atoms with van der Waals surface area (Å²) in [6, 6.07) is 5.98. The molecule has 0 aromatic carbocycles. The van der Waals surface area contributed by atoms with Crippen LogP contribution in [0.25, 0.3) is 0 Å². The van der Waals surface area contributed by atoms with Gasteiger partial charge < -0.3 is 10.2 Å². The SMILES string of the molecule is O=c1[nH]ncc(NCCN2CCN(c3ccccn3)CC2)c1Cl. The summed E-state index contributed by atoms with van der Waals surface area (Å²) < 4.78 is 0. The molecule has 2 aromatic heterocycles. The van der Waals surface area contributed by atoms with E-state index in [2.05, 4.69) is 30.3 Å². The number of aromatic amines is 1. The Hall–Kier alpha value is -2.12. The average Bonchev–Trinajstić information content (AvgIpc) is 2.60. The predicted octanol–water partition coefficient (Wildman–Crippen LogP) is 1.05. The van der Waals surface area contributed by atoms with Crippen LogP contribution in [-0.4, -0.2) is 59.3 Å². The number of hydrogen-bond acceptors (Lipinski definition) is 6. The highest BCUT2D eigenvalue weighted by atomic mass is 35.5. The first-order chi connectivity index (χ1) is 11.2. The Morgan fingerprint density at radius 2 is 2.09 bits per heavy atom. The lowest BCUT2D eigenvalue weighted by Crippen LogP contribution is -2.47. The minimum atomic E-state index is -0.374. The van der Waals surface area contributed by atoms with Crippen LogP contribution in [0.5, 0.6) is 0 Å². The molecule has 0 unspecified atom stereocenters. The molecule has 0 bridgehead atoms. The van der Waals surface area contributed by atoms with E-state index in [9.17, 15) is 4.79 Å². The fraction of sp³-hybridized carbons (Fsp3) is 0.400. The number of nitrogens with one attached hydrogen (secondary N) is 2. The summed E-state index contributed by atoms with van der Waals surface area (Å²) in [6.45, 7) is 5.50. The Kier molecular flexibility index (Phi) is 5.09. The number of hydrogen-bond donors (Lipinski definition) is 2. The van der Waals surface area contributed by atoms with Crippen LogP contribution in [0.2, 0.25) is 5.02 Å². The van der Waals surface area contributed by atoms with Crippen molar-refractivity contribution in [3.63, 3.8) is 0 Å². The van der Waals surface area contributed by atoms with Gasteiger partial charge in [0.25, 0.3) is 5.56 Å². The van der Waals surface area contributed by atoms with E-state index >= 15 is 0 Å². The van der Waals surface area contributed by atoms with Crippen LogP contribution < -0.4 is 15.8 Å². The molecular formula is C15H19ClN6O. The van der Waals surface area contributed by atoms with Gasteiger partial charge in [-0.05, 0) is 12.1 Å². The lowest BCUT2D eigenvalue weighted by atomic mass is 10.3. The second kappa shape index (κ2) is 7.43. The molecule has 1 saturated heterocycles. The standard InChI is InChI=1S/C15H19ClN6O/c16-14-12(11-19-20-15(14)23)17-5-6-21-7-9-22(10-8-21)13-3-1-2-4-18-13/h1-4,11H,5-10H2,(H2,17,20,23). The van der Waals surface area contributed by atoms with E-state index in [4.69, 9.17) is 11.6 Å². The van der Waals surface area contributed by atoms with Gasteiger partial charge in [-0.3, -0.25) is 9.69 Å². The lowest BCUT2D eigenvalue weighted by Gasteiger charge is -2.35. The molecule has 0 atom stereocenters. The molecular weight excluding hydrogens is 316 g/mol. The smallest absolute Gasteiger partial charge is 0.285 e. The molecule has 0 saturated carbocycles. The molecule has 2 N–H and O–H groups in total. The molecule has 8 heteroatoms. The summed E-state index contributed by atoms with van der Waals surface area (Å²) in [5, 5.41) is 9.36. The van der Waals surface area contributed by atoms with Crippen LogP contribution in [0.15, 0.2) is 35.4 Å². The topological polar surface area (TPSA) is 77.2 Å². The Balaban J connectivity index is 1.44. The fourth-order valence-electron chi connectivity index (χ4n) is 2.60. The third-order valence-electron chi connectivity index (χ3n) is 3.88. The second-order valence-electron chi connectivity index (χ2n) is 5.37. The summed E-state index contributed by atoms with van der Waals surface area (Å²) in [4.78, 5) is 20.4. The maximum absolute atomic E-state index is 11.4. The molecule has 1 aliphatic heterocycles. The van der Waals surface area contributed by atoms with E-state index in [1.807, 2.05) is 24.4 Å². The quantitative estimate of drug-likeness (QED) is 0.851. The van der Waals surface area contributed by atoms with Gasteiger partial charge in [-0.15, -0.1) is 0 Å². The summed E-state index contributed by atoms with van der Waals surface area (Å²) >= 11 is 5.93. The van der Waals surface area contributed by atoms with E-state index in [1.165, 1.54) is 6.20 Å². The van der Waals surface area contributed by atoms with Gasteiger partial charge in [-0.25, -0.2) is 10.1 Å². The van der Waals surface area contributed by atoms with Crippen molar-refractivity contribution in [1.82, 2.24) is 20.1 Å². The number of rotatable bonds is 5. The summed E-state index contributed by atoms with van der Waals surface area (Å²) in [5.74, 6) is 1.03. The van der Waals surface area contributed by atoms with E-state index < -0.39 is 0 Å². The second-order valence-corrected chi connectivity index (χ2v) is 5.75. The summed E-state index contributed by atoms with van der Waals surface area (Å²) in [7, 11) is 0. The molecule has 2 aromatic rings. The Bertz CT molecular complexity index is 684. The van der Waals surface area contributed by atoms with Crippen molar-refractivity contribution in [1.29, 1.82) is 0 Å². The molecule has 0 amide bonds. The van der Waals surface area contributed by atoms with E-state index in [0.29, 0.717) is 12.2 Å². The molecule has 1 aliphatic rings. The monoisotopic (exact) mass is 334 g/mol. The van der Waals surface area contributed by atoms with Gasteiger partial charge in [0.1, 0.15) is 10.8 Å². The zero-order chi connectivity index (χ0) is 16.1. The van der Waals surface area contributed by atoms with Crippen LogP contribution in [0.4, 0.5) is 11.5 Å². The van der Waals surface area contributed by atoms with Crippen molar-refractivity contribution >= 4 is 23.1 Å². The fourth-order valence-corrected chi connectivity index (χ4v) is 2.75. The van der Waals surface area contributed by atoms with Crippen LogP contribution in [0.3, 0.4) is 0 Å². The first kappa shape index (κ1) is 15.8. The van der Waals surface area contributed by atoms with Crippen LogP contribution in [-0.2, 0) is 0 Å². The molecule has 3 heterocycles. The third-order valence-corrected chi connectivity index (χ3v) is 4.26. The predicted molar refractivity (Wildman–Crippen MR) is 91.2 cm³/mol. The molecule has 3 rings (SSSR count). The largest absolute Gasteiger partial charge is 0.381 e. The Morgan fingerprint density at radius 3 is 2.83 bits per heavy atom.